The minimum absolute atomic E-state index is 0.0281. The molecule has 0 bridgehead atoms. The first-order valence-corrected chi connectivity index (χ1v) is 8.98. The summed E-state index contributed by atoms with van der Waals surface area (Å²) in [6, 6.07) is 15.0. The molecule has 0 fully saturated rings. The number of ether oxygens (including phenoxy) is 1. The number of methoxy groups -OCH3 is 1. The molecule has 3 aromatic rings. The maximum atomic E-state index is 11.8. The van der Waals surface area contributed by atoms with Crippen LogP contribution in [0.3, 0.4) is 0 Å². The summed E-state index contributed by atoms with van der Waals surface area (Å²) in [5.41, 5.74) is 5.03. The van der Waals surface area contributed by atoms with Gasteiger partial charge in [0, 0.05) is 30.2 Å². The summed E-state index contributed by atoms with van der Waals surface area (Å²) >= 11 is 0. The molecule has 0 atom stereocenters. The van der Waals surface area contributed by atoms with Gasteiger partial charge in [-0.1, -0.05) is 18.2 Å². The average Bonchev–Trinajstić information content (AvgIpc) is 3.01. The Morgan fingerprint density at radius 3 is 2.64 bits per heavy atom. The number of aromatic nitrogens is 1. The molecule has 0 aliphatic heterocycles. The third-order valence-corrected chi connectivity index (χ3v) is 4.44. The first-order valence-electron chi connectivity index (χ1n) is 8.98. The molecule has 0 saturated carbocycles. The van der Waals surface area contributed by atoms with Crippen molar-refractivity contribution in [1.82, 2.24) is 9.99 Å². The van der Waals surface area contributed by atoms with Crippen LogP contribution in [0.25, 0.3) is 16.6 Å². The second kappa shape index (κ2) is 8.58. The van der Waals surface area contributed by atoms with Crippen molar-refractivity contribution in [3.8, 4) is 17.3 Å². The van der Waals surface area contributed by atoms with Crippen LogP contribution in [0.5, 0.6) is 11.6 Å². The number of carbonyl (C=O) groups excluding carboxylic acids is 1. The molecule has 7 nitrogen and oxygen atoms in total. The van der Waals surface area contributed by atoms with Crippen LogP contribution in [-0.2, 0) is 4.79 Å². The van der Waals surface area contributed by atoms with E-state index < -0.39 is 0 Å². The van der Waals surface area contributed by atoms with Crippen molar-refractivity contribution in [3.05, 3.63) is 54.1 Å². The number of nitrogens with one attached hydrogen (secondary N) is 1. The largest absolute Gasteiger partial charge is 0.497 e. The first kappa shape index (κ1) is 19.4. The van der Waals surface area contributed by atoms with E-state index in [1.54, 1.807) is 18.6 Å². The summed E-state index contributed by atoms with van der Waals surface area (Å²) in [5, 5.41) is 24.7. The van der Waals surface area contributed by atoms with Crippen molar-refractivity contribution in [3.63, 3.8) is 0 Å². The zero-order valence-corrected chi connectivity index (χ0v) is 15.8. The summed E-state index contributed by atoms with van der Waals surface area (Å²) in [4.78, 5) is 11.8. The number of para-hydroxylation sites is 1. The summed E-state index contributed by atoms with van der Waals surface area (Å²) in [5.74, 6) is 0.405. The van der Waals surface area contributed by atoms with E-state index in [2.05, 4.69) is 10.5 Å². The third kappa shape index (κ3) is 3.84. The van der Waals surface area contributed by atoms with Gasteiger partial charge >= 0.3 is 0 Å². The summed E-state index contributed by atoms with van der Waals surface area (Å²) in [7, 11) is 1.59. The third-order valence-electron chi connectivity index (χ3n) is 4.44. The lowest BCUT2D eigenvalue weighted by atomic mass is 10.1. The Balaban J connectivity index is 2.10. The molecule has 1 heterocycles. The first-order chi connectivity index (χ1) is 13.6. The number of carbonyl (C=O) groups is 1. The number of fused-ring (bicyclic) bond motifs is 1. The van der Waals surface area contributed by atoms with Crippen LogP contribution < -0.4 is 10.2 Å². The van der Waals surface area contributed by atoms with Crippen molar-refractivity contribution < 1.29 is 19.7 Å². The lowest BCUT2D eigenvalue weighted by molar-refractivity contribution is -0.121. The van der Waals surface area contributed by atoms with Gasteiger partial charge in [-0.25, -0.2) is 5.43 Å². The lowest BCUT2D eigenvalue weighted by Gasteiger charge is -2.08. The van der Waals surface area contributed by atoms with E-state index in [0.29, 0.717) is 23.4 Å². The molecule has 0 saturated heterocycles. The fourth-order valence-electron chi connectivity index (χ4n) is 3.07. The van der Waals surface area contributed by atoms with Crippen molar-refractivity contribution in [2.24, 2.45) is 5.10 Å². The van der Waals surface area contributed by atoms with Crippen LogP contribution in [0.4, 0.5) is 0 Å². The van der Waals surface area contributed by atoms with Crippen molar-refractivity contribution in [2.45, 2.75) is 19.8 Å². The van der Waals surface area contributed by atoms with Gasteiger partial charge < -0.3 is 14.9 Å². The lowest BCUT2D eigenvalue weighted by Crippen LogP contribution is -2.19. The second-order valence-corrected chi connectivity index (χ2v) is 6.31. The Labute approximate surface area is 162 Å². The minimum atomic E-state index is -0.290. The van der Waals surface area contributed by atoms with Gasteiger partial charge in [0.05, 0.1) is 23.9 Å². The van der Waals surface area contributed by atoms with E-state index in [0.717, 1.165) is 16.6 Å². The van der Waals surface area contributed by atoms with E-state index in [9.17, 15) is 9.90 Å². The summed E-state index contributed by atoms with van der Waals surface area (Å²) < 4.78 is 7.06. The van der Waals surface area contributed by atoms with Gasteiger partial charge in [0.25, 0.3) is 0 Å². The van der Waals surface area contributed by atoms with E-state index in [1.165, 1.54) is 0 Å². The predicted molar refractivity (Wildman–Crippen MR) is 108 cm³/mol. The standard InChI is InChI=1S/C21H23N3O4/c1-14(22-23-19(26)9-6-12-25)20-17-11-10-16(28-2)13-18(17)24(21(20)27)15-7-4-3-5-8-15/h3-5,7-8,10-11,13,25,27H,6,9,12H2,1-2H3,(H,23,26)/b22-14+. The number of benzene rings is 2. The predicted octanol–water partition coefficient (Wildman–Crippen LogP) is 2.96. The number of nitrogens with zero attached hydrogens (tertiary/aromatic N) is 2. The average molecular weight is 381 g/mol. The molecule has 1 amide bonds. The number of amides is 1. The molecule has 3 N–H and O–H groups in total. The summed E-state index contributed by atoms with van der Waals surface area (Å²) in [6.07, 6.45) is 0.557. The van der Waals surface area contributed by atoms with Gasteiger partial charge in [0.15, 0.2) is 0 Å². The SMILES string of the molecule is COc1ccc2c(/C(C)=N/NC(=O)CCCO)c(O)n(-c3ccccc3)c2c1. The summed E-state index contributed by atoms with van der Waals surface area (Å²) in [6.45, 7) is 1.67. The van der Waals surface area contributed by atoms with Gasteiger partial charge in [-0.2, -0.15) is 5.10 Å². The maximum absolute atomic E-state index is 11.8. The topological polar surface area (TPSA) is 96.1 Å². The Hall–Kier alpha value is -3.32. The van der Waals surface area contributed by atoms with Crippen LogP contribution in [-0.4, -0.2) is 40.1 Å². The molecular formula is C21H23N3O4. The highest BCUT2D eigenvalue weighted by Crippen LogP contribution is 2.36. The van der Waals surface area contributed by atoms with Crippen molar-refractivity contribution in [1.29, 1.82) is 0 Å². The monoisotopic (exact) mass is 381 g/mol. The highest BCUT2D eigenvalue weighted by molar-refractivity contribution is 6.13. The normalized spacial score (nSPS) is 11.6. The fraction of sp³-hybridized carbons (Fsp3) is 0.238. The fourth-order valence-corrected chi connectivity index (χ4v) is 3.07. The number of aliphatic hydroxyl groups is 1. The van der Waals surface area contributed by atoms with Gasteiger partial charge in [-0.3, -0.25) is 9.36 Å². The van der Waals surface area contributed by atoms with Gasteiger partial charge in [-0.15, -0.1) is 0 Å². The van der Waals surface area contributed by atoms with Gasteiger partial charge in [-0.05, 0) is 37.6 Å². The number of hydrogen-bond acceptors (Lipinski definition) is 5. The molecule has 0 unspecified atom stereocenters. The maximum Gasteiger partial charge on any atom is 0.240 e. The molecule has 0 aliphatic carbocycles. The van der Waals surface area contributed by atoms with Crippen LogP contribution in [0.15, 0.2) is 53.6 Å². The van der Waals surface area contributed by atoms with E-state index in [-0.39, 0.29) is 24.8 Å². The van der Waals surface area contributed by atoms with E-state index in [4.69, 9.17) is 9.84 Å². The highest BCUT2D eigenvalue weighted by Gasteiger charge is 2.20. The number of aromatic hydroxyl groups is 1. The molecule has 7 heteroatoms. The Morgan fingerprint density at radius 1 is 1.21 bits per heavy atom. The van der Waals surface area contributed by atoms with Crippen LogP contribution in [0, 0.1) is 0 Å². The zero-order chi connectivity index (χ0) is 20.1. The molecule has 146 valence electrons. The Kier molecular flexibility index (Phi) is 5.96. The Morgan fingerprint density at radius 2 is 1.96 bits per heavy atom. The number of hydrazone groups is 1. The van der Waals surface area contributed by atoms with E-state index >= 15 is 0 Å². The van der Waals surface area contributed by atoms with Gasteiger partial charge in [0.1, 0.15) is 5.75 Å². The number of aliphatic hydroxyl groups excluding tert-OH is 1. The van der Waals surface area contributed by atoms with Gasteiger partial charge in [0.2, 0.25) is 11.8 Å². The molecule has 0 spiro atoms. The smallest absolute Gasteiger partial charge is 0.240 e. The van der Waals surface area contributed by atoms with Crippen LogP contribution in [0.2, 0.25) is 0 Å². The molecule has 2 aromatic carbocycles. The van der Waals surface area contributed by atoms with Crippen LogP contribution in [0.1, 0.15) is 25.3 Å². The zero-order valence-electron chi connectivity index (χ0n) is 15.8. The molecule has 0 aliphatic rings. The number of rotatable bonds is 7. The van der Waals surface area contributed by atoms with Crippen molar-refractivity contribution >= 4 is 22.5 Å². The van der Waals surface area contributed by atoms with Crippen molar-refractivity contribution in [2.75, 3.05) is 13.7 Å². The molecule has 1 aromatic heterocycles. The quantitative estimate of drug-likeness (QED) is 0.433. The second-order valence-electron chi connectivity index (χ2n) is 6.31. The highest BCUT2D eigenvalue weighted by atomic mass is 16.5. The molecule has 3 rings (SSSR count). The molecular weight excluding hydrogens is 358 g/mol. The Bertz CT molecular complexity index is 1010. The number of hydrogen-bond donors (Lipinski definition) is 3. The van der Waals surface area contributed by atoms with Crippen LogP contribution >= 0.6 is 0 Å². The molecule has 0 radical (unpaired) electrons. The minimum Gasteiger partial charge on any atom is -0.497 e. The molecule has 28 heavy (non-hydrogen) atoms. The van der Waals surface area contributed by atoms with E-state index in [1.807, 2.05) is 48.5 Å².